The molecule has 0 spiro atoms. The minimum absolute atomic E-state index is 0.0560. The van der Waals surface area contributed by atoms with Gasteiger partial charge in [-0.15, -0.1) is 0 Å². The highest BCUT2D eigenvalue weighted by Gasteiger charge is 2.24. The second kappa shape index (κ2) is 5.82. The molecule has 1 unspecified atom stereocenters. The molecule has 0 saturated carbocycles. The summed E-state index contributed by atoms with van der Waals surface area (Å²) in [7, 11) is 1.92. The first-order chi connectivity index (χ1) is 8.70. The number of likely N-dealkylation sites (tertiary alicyclic amines) is 1. The van der Waals surface area contributed by atoms with Crippen LogP contribution in [0, 0.1) is 5.92 Å². The summed E-state index contributed by atoms with van der Waals surface area (Å²) in [6.07, 6.45) is 3.41. The van der Waals surface area contributed by atoms with Crippen LogP contribution in [0.4, 0.5) is 0 Å². The Hall–Kier alpha value is -1.62. The third-order valence-electron chi connectivity index (χ3n) is 3.25. The molecule has 1 fully saturated rings. The zero-order chi connectivity index (χ0) is 13.0. The molecule has 1 atom stereocenters. The van der Waals surface area contributed by atoms with Crippen molar-refractivity contribution in [3.8, 4) is 0 Å². The maximum atomic E-state index is 12.2. The molecule has 0 bridgehead atoms. The highest BCUT2D eigenvalue weighted by atomic mass is 16.4. The van der Waals surface area contributed by atoms with Crippen molar-refractivity contribution in [2.45, 2.75) is 12.8 Å². The predicted molar refractivity (Wildman–Crippen MR) is 67.5 cm³/mol. The summed E-state index contributed by atoms with van der Waals surface area (Å²) in [5, 5.41) is 3.15. The van der Waals surface area contributed by atoms with E-state index < -0.39 is 5.63 Å². The standard InChI is InChI=1S/C13H18N2O3/c1-14-7-10-3-2-6-15(8-10)13(17)11-4-5-12(16)18-9-11/h4-5,9-10,14H,2-3,6-8H2,1H3. The molecule has 0 aromatic carbocycles. The predicted octanol–water partition coefficient (Wildman–Crippen LogP) is 0.711. The van der Waals surface area contributed by atoms with E-state index in [9.17, 15) is 9.59 Å². The monoisotopic (exact) mass is 250 g/mol. The first kappa shape index (κ1) is 12.8. The number of piperidine rings is 1. The molecule has 0 aliphatic carbocycles. The Bertz CT molecular complexity index is 447. The van der Waals surface area contributed by atoms with E-state index in [-0.39, 0.29) is 5.91 Å². The molecule has 18 heavy (non-hydrogen) atoms. The van der Waals surface area contributed by atoms with Crippen LogP contribution in [-0.2, 0) is 0 Å². The molecule has 1 aromatic rings. The summed E-state index contributed by atoms with van der Waals surface area (Å²) in [4.78, 5) is 24.9. The van der Waals surface area contributed by atoms with Crippen LogP contribution >= 0.6 is 0 Å². The van der Waals surface area contributed by atoms with Crippen LogP contribution in [0.1, 0.15) is 23.2 Å². The van der Waals surface area contributed by atoms with E-state index in [1.54, 1.807) is 0 Å². The van der Waals surface area contributed by atoms with Gasteiger partial charge >= 0.3 is 5.63 Å². The number of carbonyl (C=O) groups excluding carboxylic acids is 1. The van der Waals surface area contributed by atoms with Crippen molar-refractivity contribution in [3.63, 3.8) is 0 Å². The Kier molecular flexibility index (Phi) is 4.15. The van der Waals surface area contributed by atoms with Gasteiger partial charge in [0.1, 0.15) is 6.26 Å². The summed E-state index contributed by atoms with van der Waals surface area (Å²) in [6, 6.07) is 2.80. The van der Waals surface area contributed by atoms with Gasteiger partial charge in [-0.05, 0) is 38.4 Å². The van der Waals surface area contributed by atoms with Gasteiger partial charge in [-0.2, -0.15) is 0 Å². The van der Waals surface area contributed by atoms with Gasteiger partial charge < -0.3 is 14.6 Å². The Morgan fingerprint density at radius 2 is 2.39 bits per heavy atom. The highest BCUT2D eigenvalue weighted by Crippen LogP contribution is 2.17. The van der Waals surface area contributed by atoms with Gasteiger partial charge in [0.25, 0.3) is 5.91 Å². The van der Waals surface area contributed by atoms with Crippen molar-refractivity contribution in [3.05, 3.63) is 34.4 Å². The van der Waals surface area contributed by atoms with Crippen LogP contribution in [-0.4, -0.2) is 37.5 Å². The van der Waals surface area contributed by atoms with E-state index in [1.807, 2.05) is 11.9 Å². The fourth-order valence-electron chi connectivity index (χ4n) is 2.37. The molecule has 98 valence electrons. The topological polar surface area (TPSA) is 62.6 Å². The molecule has 1 aliphatic rings. The molecule has 2 rings (SSSR count). The van der Waals surface area contributed by atoms with E-state index in [2.05, 4.69) is 5.32 Å². The number of hydrogen-bond donors (Lipinski definition) is 1. The summed E-state index contributed by atoms with van der Waals surface area (Å²) in [6.45, 7) is 2.46. The molecule has 1 N–H and O–H groups in total. The highest BCUT2D eigenvalue weighted by molar-refractivity contribution is 5.93. The zero-order valence-electron chi connectivity index (χ0n) is 10.5. The maximum absolute atomic E-state index is 12.2. The van der Waals surface area contributed by atoms with Crippen LogP contribution in [0.25, 0.3) is 0 Å². The molecule has 5 heteroatoms. The quantitative estimate of drug-likeness (QED) is 0.858. The number of carbonyl (C=O) groups is 1. The molecule has 1 saturated heterocycles. The van der Waals surface area contributed by atoms with Gasteiger partial charge in [0, 0.05) is 19.2 Å². The largest absolute Gasteiger partial charge is 0.430 e. The van der Waals surface area contributed by atoms with Crippen LogP contribution < -0.4 is 10.9 Å². The molecule has 1 aromatic heterocycles. The van der Waals surface area contributed by atoms with Crippen LogP contribution in [0.3, 0.4) is 0 Å². The Balaban J connectivity index is 2.04. The van der Waals surface area contributed by atoms with Crippen LogP contribution in [0.5, 0.6) is 0 Å². The van der Waals surface area contributed by atoms with E-state index in [4.69, 9.17) is 4.42 Å². The Morgan fingerprint density at radius 1 is 1.56 bits per heavy atom. The molecular formula is C13H18N2O3. The average molecular weight is 250 g/mol. The summed E-state index contributed by atoms with van der Waals surface area (Å²) >= 11 is 0. The zero-order valence-corrected chi connectivity index (χ0v) is 10.5. The number of hydrogen-bond acceptors (Lipinski definition) is 4. The lowest BCUT2D eigenvalue weighted by molar-refractivity contribution is 0.0671. The van der Waals surface area contributed by atoms with Crippen molar-refractivity contribution in [2.24, 2.45) is 5.92 Å². The van der Waals surface area contributed by atoms with Crippen molar-refractivity contribution in [2.75, 3.05) is 26.7 Å². The lowest BCUT2D eigenvalue weighted by Crippen LogP contribution is -2.42. The SMILES string of the molecule is CNCC1CCCN(C(=O)c2ccc(=O)oc2)C1. The smallest absolute Gasteiger partial charge is 0.335 e. The van der Waals surface area contributed by atoms with Crippen LogP contribution in [0.2, 0.25) is 0 Å². The van der Waals surface area contributed by atoms with Gasteiger partial charge in [-0.3, -0.25) is 4.79 Å². The first-order valence-electron chi connectivity index (χ1n) is 6.23. The molecule has 2 heterocycles. The van der Waals surface area contributed by atoms with Gasteiger partial charge in [0.15, 0.2) is 0 Å². The lowest BCUT2D eigenvalue weighted by atomic mass is 9.97. The number of nitrogens with zero attached hydrogens (tertiary/aromatic N) is 1. The molecule has 1 amide bonds. The molecule has 1 aliphatic heterocycles. The van der Waals surface area contributed by atoms with Crippen LogP contribution in [0.15, 0.2) is 27.6 Å². The van der Waals surface area contributed by atoms with Gasteiger partial charge in [0.2, 0.25) is 0 Å². The third-order valence-corrected chi connectivity index (χ3v) is 3.25. The fourth-order valence-corrected chi connectivity index (χ4v) is 2.37. The van der Waals surface area contributed by atoms with Crippen molar-refractivity contribution in [1.29, 1.82) is 0 Å². The summed E-state index contributed by atoms with van der Waals surface area (Å²) < 4.78 is 4.73. The second-order valence-electron chi connectivity index (χ2n) is 4.66. The molecular weight excluding hydrogens is 232 g/mol. The van der Waals surface area contributed by atoms with Crippen molar-refractivity contribution >= 4 is 5.91 Å². The number of nitrogens with one attached hydrogen (secondary N) is 1. The summed E-state index contributed by atoms with van der Waals surface area (Å²) in [5.74, 6) is 0.447. The average Bonchev–Trinajstić information content (AvgIpc) is 2.39. The maximum Gasteiger partial charge on any atom is 0.335 e. The minimum atomic E-state index is -0.432. The second-order valence-corrected chi connectivity index (χ2v) is 4.66. The minimum Gasteiger partial charge on any atom is -0.430 e. The van der Waals surface area contributed by atoms with Crippen molar-refractivity contribution < 1.29 is 9.21 Å². The third kappa shape index (κ3) is 2.98. The van der Waals surface area contributed by atoms with E-state index in [1.165, 1.54) is 18.4 Å². The lowest BCUT2D eigenvalue weighted by Gasteiger charge is -2.32. The van der Waals surface area contributed by atoms with Gasteiger partial charge in [-0.25, -0.2) is 4.79 Å². The van der Waals surface area contributed by atoms with E-state index >= 15 is 0 Å². The summed E-state index contributed by atoms with van der Waals surface area (Å²) in [5.41, 5.74) is 0.0120. The number of rotatable bonds is 3. The van der Waals surface area contributed by atoms with Gasteiger partial charge in [0.05, 0.1) is 5.56 Å². The normalized spacial score (nSPS) is 19.8. The van der Waals surface area contributed by atoms with E-state index in [0.717, 1.165) is 32.5 Å². The number of amides is 1. The first-order valence-corrected chi connectivity index (χ1v) is 6.23. The molecule has 5 nitrogen and oxygen atoms in total. The Labute approximate surface area is 106 Å². The molecule has 0 radical (unpaired) electrons. The van der Waals surface area contributed by atoms with E-state index in [0.29, 0.717) is 11.5 Å². The van der Waals surface area contributed by atoms with Gasteiger partial charge in [-0.1, -0.05) is 0 Å². The Morgan fingerprint density at radius 3 is 3.06 bits per heavy atom. The fraction of sp³-hybridized carbons (Fsp3) is 0.538. The van der Waals surface area contributed by atoms with Crippen molar-refractivity contribution in [1.82, 2.24) is 10.2 Å².